The number of rotatable bonds is 15. The van der Waals surface area contributed by atoms with E-state index < -0.39 is 0 Å². The molecule has 0 saturated heterocycles. The number of esters is 1. The third kappa shape index (κ3) is 17.3. The highest BCUT2D eigenvalue weighted by Crippen LogP contribution is 2.11. The number of carbonyl (C=O) groups excluding carboxylic acids is 1. The maximum absolute atomic E-state index is 11.4. The molecule has 0 radical (unpaired) electrons. The number of hydrogen-bond donors (Lipinski definition) is 0. The predicted molar refractivity (Wildman–Crippen MR) is 96.0 cm³/mol. The molecule has 0 aromatic carbocycles. The van der Waals surface area contributed by atoms with Crippen LogP contribution < -0.4 is 0 Å². The fraction of sp³-hybridized carbons (Fsp3) is 0.850. The van der Waals surface area contributed by atoms with Gasteiger partial charge >= 0.3 is 5.97 Å². The molecule has 0 aliphatic carbocycles. The SMILES string of the molecule is CCCC/C=C\CCCCCCCCCC(=O)OCC(C)C. The van der Waals surface area contributed by atoms with Gasteiger partial charge in [-0.15, -0.1) is 0 Å². The first kappa shape index (κ1) is 21.2. The summed E-state index contributed by atoms with van der Waals surface area (Å²) in [4.78, 5) is 11.4. The highest BCUT2D eigenvalue weighted by molar-refractivity contribution is 5.69. The molecule has 0 aromatic rings. The summed E-state index contributed by atoms with van der Waals surface area (Å²) in [5, 5.41) is 0. The van der Waals surface area contributed by atoms with Gasteiger partial charge in [-0.05, 0) is 31.6 Å². The standard InChI is InChI=1S/C20H38O2/c1-4-5-6-7-8-9-10-11-12-13-14-15-16-17-20(21)22-18-19(2)3/h7-8,19H,4-6,9-18H2,1-3H3/b8-7-. The lowest BCUT2D eigenvalue weighted by Crippen LogP contribution is -2.09. The molecular weight excluding hydrogens is 272 g/mol. The van der Waals surface area contributed by atoms with E-state index in [1.165, 1.54) is 57.8 Å². The molecule has 0 amide bonds. The van der Waals surface area contributed by atoms with E-state index in [0.29, 0.717) is 18.9 Å². The number of ether oxygens (including phenoxy) is 1. The number of unbranched alkanes of at least 4 members (excludes halogenated alkanes) is 9. The van der Waals surface area contributed by atoms with Gasteiger partial charge in [0.2, 0.25) is 0 Å². The summed E-state index contributed by atoms with van der Waals surface area (Å²) < 4.78 is 5.17. The van der Waals surface area contributed by atoms with E-state index in [0.717, 1.165) is 12.8 Å². The molecular formula is C20H38O2. The Hall–Kier alpha value is -0.790. The number of carbonyl (C=O) groups is 1. The Labute approximate surface area is 138 Å². The summed E-state index contributed by atoms with van der Waals surface area (Å²) in [6.45, 7) is 6.93. The van der Waals surface area contributed by atoms with Gasteiger partial charge in [0.1, 0.15) is 0 Å². The van der Waals surface area contributed by atoms with Crippen LogP contribution in [0.25, 0.3) is 0 Å². The minimum absolute atomic E-state index is 0.0245. The summed E-state index contributed by atoms with van der Waals surface area (Å²) in [6.07, 6.45) is 19.1. The zero-order chi connectivity index (χ0) is 16.5. The van der Waals surface area contributed by atoms with Crippen molar-refractivity contribution in [1.82, 2.24) is 0 Å². The molecule has 0 heterocycles. The normalized spacial score (nSPS) is 11.5. The second-order valence-corrected chi connectivity index (χ2v) is 6.70. The zero-order valence-corrected chi connectivity index (χ0v) is 15.2. The van der Waals surface area contributed by atoms with Gasteiger partial charge in [0.05, 0.1) is 6.61 Å². The summed E-state index contributed by atoms with van der Waals surface area (Å²) in [5.41, 5.74) is 0. The molecule has 0 aromatic heterocycles. The summed E-state index contributed by atoms with van der Waals surface area (Å²) in [5.74, 6) is 0.411. The average Bonchev–Trinajstić information content (AvgIpc) is 2.49. The maximum Gasteiger partial charge on any atom is 0.305 e. The van der Waals surface area contributed by atoms with Gasteiger partial charge in [-0.3, -0.25) is 4.79 Å². The molecule has 0 aliphatic heterocycles. The van der Waals surface area contributed by atoms with Crippen LogP contribution in [0.4, 0.5) is 0 Å². The van der Waals surface area contributed by atoms with E-state index in [9.17, 15) is 4.79 Å². The van der Waals surface area contributed by atoms with Gasteiger partial charge in [0, 0.05) is 6.42 Å². The number of hydrogen-bond acceptors (Lipinski definition) is 2. The van der Waals surface area contributed by atoms with E-state index in [1.54, 1.807) is 0 Å². The highest BCUT2D eigenvalue weighted by Gasteiger charge is 2.03. The van der Waals surface area contributed by atoms with Crippen LogP contribution in [0.2, 0.25) is 0 Å². The van der Waals surface area contributed by atoms with E-state index in [4.69, 9.17) is 4.74 Å². The highest BCUT2D eigenvalue weighted by atomic mass is 16.5. The first-order valence-corrected chi connectivity index (χ1v) is 9.47. The minimum atomic E-state index is -0.0245. The molecule has 0 aliphatic rings. The molecule has 0 N–H and O–H groups in total. The summed E-state index contributed by atoms with van der Waals surface area (Å²) in [6, 6.07) is 0. The molecule has 0 saturated carbocycles. The van der Waals surface area contributed by atoms with Crippen LogP contribution in [0.3, 0.4) is 0 Å². The molecule has 0 atom stereocenters. The van der Waals surface area contributed by atoms with Crippen molar-refractivity contribution in [3.8, 4) is 0 Å². The Bertz CT molecular complexity index is 269. The lowest BCUT2D eigenvalue weighted by molar-refractivity contribution is -0.144. The fourth-order valence-electron chi connectivity index (χ4n) is 2.30. The van der Waals surface area contributed by atoms with E-state index in [2.05, 4.69) is 32.9 Å². The third-order valence-electron chi connectivity index (χ3n) is 3.72. The first-order chi connectivity index (χ1) is 10.7. The van der Waals surface area contributed by atoms with Crippen molar-refractivity contribution in [2.45, 2.75) is 97.8 Å². The molecule has 0 bridgehead atoms. The van der Waals surface area contributed by atoms with Gasteiger partial charge < -0.3 is 4.74 Å². The van der Waals surface area contributed by atoms with Crippen molar-refractivity contribution < 1.29 is 9.53 Å². The lowest BCUT2D eigenvalue weighted by atomic mass is 10.1. The van der Waals surface area contributed by atoms with Gasteiger partial charge in [-0.2, -0.15) is 0 Å². The third-order valence-corrected chi connectivity index (χ3v) is 3.72. The fourth-order valence-corrected chi connectivity index (χ4v) is 2.30. The van der Waals surface area contributed by atoms with Crippen LogP contribution in [-0.2, 0) is 9.53 Å². The lowest BCUT2D eigenvalue weighted by Gasteiger charge is -2.06. The monoisotopic (exact) mass is 310 g/mol. The first-order valence-electron chi connectivity index (χ1n) is 9.47. The maximum atomic E-state index is 11.4. The molecule has 0 rings (SSSR count). The molecule has 2 heteroatoms. The average molecular weight is 311 g/mol. The van der Waals surface area contributed by atoms with Crippen LogP contribution in [0.15, 0.2) is 12.2 Å². The molecule has 0 unspecified atom stereocenters. The molecule has 0 spiro atoms. The van der Waals surface area contributed by atoms with E-state index in [-0.39, 0.29) is 5.97 Å². The van der Waals surface area contributed by atoms with Gasteiger partial charge in [-0.25, -0.2) is 0 Å². The smallest absolute Gasteiger partial charge is 0.305 e. The molecule has 2 nitrogen and oxygen atoms in total. The summed E-state index contributed by atoms with van der Waals surface area (Å²) in [7, 11) is 0. The minimum Gasteiger partial charge on any atom is -0.465 e. The predicted octanol–water partition coefficient (Wildman–Crippen LogP) is 6.44. The van der Waals surface area contributed by atoms with Crippen LogP contribution in [0.1, 0.15) is 97.8 Å². The van der Waals surface area contributed by atoms with E-state index in [1.807, 2.05) is 0 Å². The largest absolute Gasteiger partial charge is 0.465 e. The van der Waals surface area contributed by atoms with Crippen LogP contribution in [0, 0.1) is 5.92 Å². The van der Waals surface area contributed by atoms with Crippen molar-refractivity contribution in [2.24, 2.45) is 5.92 Å². The molecule has 130 valence electrons. The van der Waals surface area contributed by atoms with Crippen LogP contribution in [-0.4, -0.2) is 12.6 Å². The Kier molecular flexibility index (Phi) is 16.0. The molecule has 22 heavy (non-hydrogen) atoms. The van der Waals surface area contributed by atoms with Gasteiger partial charge in [0.15, 0.2) is 0 Å². The Morgan fingerprint density at radius 1 is 0.864 bits per heavy atom. The zero-order valence-electron chi connectivity index (χ0n) is 15.2. The Morgan fingerprint density at radius 2 is 1.41 bits per heavy atom. The van der Waals surface area contributed by atoms with Crippen molar-refractivity contribution in [3.05, 3.63) is 12.2 Å². The Morgan fingerprint density at radius 3 is 2.00 bits per heavy atom. The van der Waals surface area contributed by atoms with Crippen LogP contribution in [0.5, 0.6) is 0 Å². The van der Waals surface area contributed by atoms with Gasteiger partial charge in [0.25, 0.3) is 0 Å². The second-order valence-electron chi connectivity index (χ2n) is 6.70. The van der Waals surface area contributed by atoms with Crippen molar-refractivity contribution >= 4 is 5.97 Å². The quantitative estimate of drug-likeness (QED) is 0.197. The van der Waals surface area contributed by atoms with Crippen LogP contribution >= 0.6 is 0 Å². The van der Waals surface area contributed by atoms with E-state index >= 15 is 0 Å². The topological polar surface area (TPSA) is 26.3 Å². The van der Waals surface area contributed by atoms with Crippen molar-refractivity contribution in [2.75, 3.05) is 6.61 Å². The number of allylic oxidation sites excluding steroid dienone is 2. The Balaban J connectivity index is 3.17. The molecule has 0 fully saturated rings. The second kappa shape index (κ2) is 16.6. The van der Waals surface area contributed by atoms with Gasteiger partial charge in [-0.1, -0.05) is 77.9 Å². The van der Waals surface area contributed by atoms with Crippen molar-refractivity contribution in [3.63, 3.8) is 0 Å². The summed E-state index contributed by atoms with van der Waals surface area (Å²) >= 11 is 0. The van der Waals surface area contributed by atoms with Crippen molar-refractivity contribution in [1.29, 1.82) is 0 Å².